The lowest BCUT2D eigenvalue weighted by Gasteiger charge is -2.09. The number of aryl methyl sites for hydroxylation is 2. The Hall–Kier alpha value is -1.84. The largest absolute Gasteiger partial charge is 0.497 e. The predicted octanol–water partition coefficient (Wildman–Crippen LogP) is 6.61. The van der Waals surface area contributed by atoms with Crippen molar-refractivity contribution in [2.75, 3.05) is 7.11 Å². The van der Waals surface area contributed by atoms with Crippen molar-refractivity contribution in [1.82, 2.24) is 0 Å². The van der Waals surface area contributed by atoms with E-state index in [9.17, 15) is 0 Å². The van der Waals surface area contributed by atoms with Gasteiger partial charge in [-0.3, -0.25) is 0 Å². The van der Waals surface area contributed by atoms with Gasteiger partial charge in [-0.15, -0.1) is 0 Å². The molecule has 0 aliphatic heterocycles. The van der Waals surface area contributed by atoms with Gasteiger partial charge in [0.2, 0.25) is 0 Å². The summed E-state index contributed by atoms with van der Waals surface area (Å²) in [7, 11) is 1.72. The number of rotatable bonds is 5. The zero-order valence-electron chi connectivity index (χ0n) is 14.1. The molecular weight excluding hydrogens is 332 g/mol. The van der Waals surface area contributed by atoms with Gasteiger partial charge in [0.05, 0.1) is 7.11 Å². The van der Waals surface area contributed by atoms with Crippen LogP contribution in [0.15, 0.2) is 86.3 Å². The van der Waals surface area contributed by atoms with E-state index in [0.717, 1.165) is 5.75 Å². The summed E-state index contributed by atoms with van der Waals surface area (Å²) in [6.45, 7) is 4.21. The summed E-state index contributed by atoms with van der Waals surface area (Å²) in [6.07, 6.45) is 0. The van der Waals surface area contributed by atoms with Crippen LogP contribution in [0.4, 0.5) is 0 Å². The molecule has 0 aliphatic rings. The highest BCUT2D eigenvalue weighted by Crippen LogP contribution is 2.37. The van der Waals surface area contributed by atoms with E-state index >= 15 is 0 Å². The van der Waals surface area contributed by atoms with Crippen molar-refractivity contribution in [3.63, 3.8) is 0 Å². The molecule has 0 aromatic heterocycles. The van der Waals surface area contributed by atoms with Crippen LogP contribution in [0, 0.1) is 13.8 Å². The van der Waals surface area contributed by atoms with Crippen LogP contribution in [-0.2, 0) is 0 Å². The number of benzene rings is 3. The van der Waals surface area contributed by atoms with Gasteiger partial charge in [-0.05, 0) is 56.3 Å². The Morgan fingerprint density at radius 3 is 1.38 bits per heavy atom. The molecule has 3 heteroatoms. The zero-order chi connectivity index (χ0) is 16.9. The quantitative estimate of drug-likeness (QED) is 0.511. The smallest absolute Gasteiger partial charge is 0.121 e. The minimum absolute atomic E-state index is 0.890. The number of methoxy groups -OCH3 is 1. The first-order valence-electron chi connectivity index (χ1n) is 7.80. The Morgan fingerprint density at radius 1 is 0.583 bits per heavy atom. The van der Waals surface area contributed by atoms with Crippen LogP contribution in [0.3, 0.4) is 0 Å². The summed E-state index contributed by atoms with van der Waals surface area (Å²) in [6, 6.07) is 23.6. The number of ether oxygens (including phenoxy) is 1. The van der Waals surface area contributed by atoms with E-state index in [1.165, 1.54) is 30.7 Å². The van der Waals surface area contributed by atoms with Gasteiger partial charge >= 0.3 is 0 Å². The minimum Gasteiger partial charge on any atom is -0.497 e. The van der Waals surface area contributed by atoms with E-state index in [1.807, 2.05) is 0 Å². The average molecular weight is 353 g/mol. The highest BCUT2D eigenvalue weighted by Gasteiger charge is 2.06. The molecule has 0 fully saturated rings. The van der Waals surface area contributed by atoms with Crippen LogP contribution < -0.4 is 4.74 Å². The van der Waals surface area contributed by atoms with Crippen molar-refractivity contribution in [1.29, 1.82) is 0 Å². The summed E-state index contributed by atoms with van der Waals surface area (Å²) >= 11 is 3.52. The van der Waals surface area contributed by atoms with E-state index in [4.69, 9.17) is 4.74 Å². The van der Waals surface area contributed by atoms with Gasteiger partial charge in [-0.1, -0.05) is 58.9 Å². The first-order chi connectivity index (χ1) is 11.6. The third kappa shape index (κ3) is 4.59. The van der Waals surface area contributed by atoms with E-state index in [0.29, 0.717) is 0 Å². The lowest BCUT2D eigenvalue weighted by Crippen LogP contribution is -1.85. The third-order valence-corrected chi connectivity index (χ3v) is 5.56. The third-order valence-electron chi connectivity index (χ3n) is 3.60. The molecule has 0 spiro atoms. The van der Waals surface area contributed by atoms with Gasteiger partial charge in [0, 0.05) is 19.6 Å². The molecule has 0 N–H and O–H groups in total. The molecule has 0 saturated carbocycles. The molecule has 0 atom stereocenters. The molecule has 0 saturated heterocycles. The van der Waals surface area contributed by atoms with Gasteiger partial charge in [0.1, 0.15) is 5.75 Å². The van der Waals surface area contributed by atoms with Crippen LogP contribution in [-0.4, -0.2) is 7.11 Å². The summed E-state index contributed by atoms with van der Waals surface area (Å²) in [4.78, 5) is 4.85. The lowest BCUT2D eigenvalue weighted by molar-refractivity contribution is 0.412. The Bertz CT molecular complexity index is 742. The molecule has 122 valence electrons. The Kier molecular flexibility index (Phi) is 5.54. The maximum atomic E-state index is 5.48. The van der Waals surface area contributed by atoms with Gasteiger partial charge < -0.3 is 4.74 Å². The molecule has 3 aromatic rings. The Balaban J connectivity index is 1.84. The second-order valence-corrected chi connectivity index (χ2v) is 7.97. The van der Waals surface area contributed by atoms with E-state index < -0.39 is 0 Å². The van der Waals surface area contributed by atoms with Gasteiger partial charge in [-0.25, -0.2) is 0 Å². The van der Waals surface area contributed by atoms with Crippen LogP contribution in [0.1, 0.15) is 11.1 Å². The molecule has 0 heterocycles. The first-order valence-corrected chi connectivity index (χ1v) is 9.44. The van der Waals surface area contributed by atoms with Crippen LogP contribution in [0.25, 0.3) is 0 Å². The second-order valence-electron chi connectivity index (χ2n) is 5.67. The topological polar surface area (TPSA) is 9.23 Å². The molecule has 0 unspecified atom stereocenters. The summed E-state index contributed by atoms with van der Waals surface area (Å²) < 4.78 is 5.48. The van der Waals surface area contributed by atoms with Gasteiger partial charge in [0.15, 0.2) is 0 Å². The van der Waals surface area contributed by atoms with Gasteiger partial charge in [-0.2, -0.15) is 0 Å². The predicted molar refractivity (Wildman–Crippen MR) is 104 cm³/mol. The second kappa shape index (κ2) is 7.82. The standard InChI is InChI=1S/C21H20OS2/c1-15-4-8-18(9-5-15)23-20-12-17(22-3)13-21(14-20)24-19-10-6-16(2)7-11-19/h4-14H,1-3H3. The molecule has 0 amide bonds. The molecule has 0 bridgehead atoms. The Morgan fingerprint density at radius 2 is 1.00 bits per heavy atom. The van der Waals surface area contributed by atoms with Crippen LogP contribution in [0.2, 0.25) is 0 Å². The van der Waals surface area contributed by atoms with E-state index in [1.54, 1.807) is 30.6 Å². The van der Waals surface area contributed by atoms with Gasteiger partial charge in [0.25, 0.3) is 0 Å². The molecule has 3 aromatic carbocycles. The maximum Gasteiger partial charge on any atom is 0.121 e. The number of hydrogen-bond acceptors (Lipinski definition) is 3. The fourth-order valence-corrected chi connectivity index (χ4v) is 4.15. The minimum atomic E-state index is 0.890. The maximum absolute atomic E-state index is 5.48. The van der Waals surface area contributed by atoms with Crippen molar-refractivity contribution in [2.24, 2.45) is 0 Å². The molecular formula is C21H20OS2. The molecule has 0 radical (unpaired) electrons. The van der Waals surface area contributed by atoms with Crippen molar-refractivity contribution < 1.29 is 4.74 Å². The zero-order valence-corrected chi connectivity index (χ0v) is 15.7. The fourth-order valence-electron chi connectivity index (χ4n) is 2.27. The molecule has 3 rings (SSSR count). The summed E-state index contributed by atoms with van der Waals surface area (Å²) in [5, 5.41) is 0. The van der Waals surface area contributed by atoms with Crippen molar-refractivity contribution in [3.05, 3.63) is 77.9 Å². The SMILES string of the molecule is COc1cc(Sc2ccc(C)cc2)cc(Sc2ccc(C)cc2)c1. The first kappa shape index (κ1) is 17.0. The van der Waals surface area contributed by atoms with Crippen molar-refractivity contribution >= 4 is 23.5 Å². The van der Waals surface area contributed by atoms with Crippen LogP contribution in [0.5, 0.6) is 5.75 Å². The molecule has 1 nitrogen and oxygen atoms in total. The lowest BCUT2D eigenvalue weighted by atomic mass is 10.2. The highest BCUT2D eigenvalue weighted by atomic mass is 32.2. The highest BCUT2D eigenvalue weighted by molar-refractivity contribution is 8.00. The van der Waals surface area contributed by atoms with Crippen molar-refractivity contribution in [3.8, 4) is 5.75 Å². The molecule has 24 heavy (non-hydrogen) atoms. The number of hydrogen-bond donors (Lipinski definition) is 0. The van der Waals surface area contributed by atoms with E-state index in [2.05, 4.69) is 80.6 Å². The average Bonchev–Trinajstić information content (AvgIpc) is 2.59. The molecule has 0 aliphatic carbocycles. The van der Waals surface area contributed by atoms with Crippen molar-refractivity contribution in [2.45, 2.75) is 33.4 Å². The summed E-state index contributed by atoms with van der Waals surface area (Å²) in [5.41, 5.74) is 2.56. The Labute approximate surface area is 152 Å². The summed E-state index contributed by atoms with van der Waals surface area (Å²) in [5.74, 6) is 0.890. The van der Waals surface area contributed by atoms with Crippen LogP contribution >= 0.6 is 23.5 Å². The normalized spacial score (nSPS) is 10.6. The fraction of sp³-hybridized carbons (Fsp3) is 0.143. The monoisotopic (exact) mass is 352 g/mol. The van der Waals surface area contributed by atoms with E-state index in [-0.39, 0.29) is 0 Å².